The van der Waals surface area contributed by atoms with E-state index in [9.17, 15) is 18.3 Å². The number of fused-ring (bicyclic) bond motifs is 1. The number of allylic oxidation sites excluding steroid dienone is 1. The first-order valence-electron chi connectivity index (χ1n) is 11.3. The molecule has 0 unspecified atom stereocenters. The van der Waals surface area contributed by atoms with Gasteiger partial charge in [-0.05, 0) is 64.4 Å². The van der Waals surface area contributed by atoms with Crippen LogP contribution in [0.3, 0.4) is 0 Å². The van der Waals surface area contributed by atoms with Crippen LogP contribution in [-0.4, -0.2) is 42.9 Å². The van der Waals surface area contributed by atoms with Crippen molar-refractivity contribution in [3.63, 3.8) is 0 Å². The molecule has 0 fully saturated rings. The summed E-state index contributed by atoms with van der Waals surface area (Å²) in [6.07, 6.45) is 0.203. The zero-order chi connectivity index (χ0) is 27.7. The average molecular weight is 549 g/mol. The molecule has 37 heavy (non-hydrogen) atoms. The van der Waals surface area contributed by atoms with Gasteiger partial charge in [-0.3, -0.25) is 9.80 Å². The van der Waals surface area contributed by atoms with Gasteiger partial charge in [-0.15, -0.1) is 0 Å². The Hall–Kier alpha value is -3.25. The lowest BCUT2D eigenvalue weighted by atomic mass is 10.0. The molecule has 0 bridgehead atoms. The Balaban J connectivity index is 2.18. The fourth-order valence-electron chi connectivity index (χ4n) is 3.90. The van der Waals surface area contributed by atoms with E-state index in [1.807, 2.05) is 6.92 Å². The standard InChI is InChI=1S/C25H29ClN4O6S/c1-13-9-18(17(5)35-20-7-8-21(26)29-25(20)37(27,33)34)24-19(10-13)22(32)16(4)23(36-24)14(2)11-30(28-6)12-15(3)31/h7-11,15,17,31H,6,12H2,1-5H3,(H2,27,33,34)/b14-11+/t15-,17-/m1/s1. The number of sulfonamides is 1. The summed E-state index contributed by atoms with van der Waals surface area (Å²) >= 11 is 5.86. The molecule has 2 aromatic heterocycles. The van der Waals surface area contributed by atoms with E-state index < -0.39 is 27.3 Å². The lowest BCUT2D eigenvalue weighted by Gasteiger charge is -2.20. The molecule has 0 spiro atoms. The minimum absolute atomic E-state index is 0.0583. The van der Waals surface area contributed by atoms with Gasteiger partial charge in [0.05, 0.1) is 18.0 Å². The van der Waals surface area contributed by atoms with E-state index in [4.69, 9.17) is 25.9 Å². The third kappa shape index (κ3) is 6.37. The number of pyridine rings is 1. The molecular weight excluding hydrogens is 520 g/mol. The molecule has 12 heteroatoms. The summed E-state index contributed by atoms with van der Waals surface area (Å²) in [4.78, 5) is 17.2. The molecule has 198 valence electrons. The van der Waals surface area contributed by atoms with Gasteiger partial charge < -0.3 is 14.3 Å². The second kappa shape index (κ2) is 11.0. The number of halogens is 1. The highest BCUT2D eigenvalue weighted by Gasteiger charge is 2.24. The number of ether oxygens (including phenoxy) is 1. The molecule has 0 aliphatic heterocycles. The van der Waals surface area contributed by atoms with E-state index in [2.05, 4.69) is 16.8 Å². The van der Waals surface area contributed by atoms with E-state index in [0.29, 0.717) is 27.8 Å². The van der Waals surface area contributed by atoms with Gasteiger partial charge in [-0.25, -0.2) is 18.5 Å². The fraction of sp³-hybridized carbons (Fsp3) is 0.320. The highest BCUT2D eigenvalue weighted by atomic mass is 35.5. The smallest absolute Gasteiger partial charge is 0.259 e. The first-order valence-corrected chi connectivity index (χ1v) is 13.2. The van der Waals surface area contributed by atoms with Crippen molar-refractivity contribution in [3.8, 4) is 5.75 Å². The maximum atomic E-state index is 13.4. The van der Waals surface area contributed by atoms with Crippen LogP contribution in [0.5, 0.6) is 5.75 Å². The highest BCUT2D eigenvalue weighted by molar-refractivity contribution is 7.89. The molecule has 0 amide bonds. The third-order valence-electron chi connectivity index (χ3n) is 5.53. The Morgan fingerprint density at radius 2 is 2.03 bits per heavy atom. The number of hydrazone groups is 1. The van der Waals surface area contributed by atoms with Gasteiger partial charge >= 0.3 is 0 Å². The molecule has 0 saturated carbocycles. The van der Waals surface area contributed by atoms with E-state index >= 15 is 0 Å². The Labute approximate surface area is 220 Å². The van der Waals surface area contributed by atoms with Crippen LogP contribution in [0.2, 0.25) is 5.15 Å². The minimum Gasteiger partial charge on any atom is -0.483 e. The summed E-state index contributed by atoms with van der Waals surface area (Å²) in [5, 5.41) is 20.1. The Morgan fingerprint density at radius 1 is 1.35 bits per heavy atom. The van der Waals surface area contributed by atoms with Gasteiger partial charge in [0, 0.05) is 29.6 Å². The number of aryl methyl sites for hydroxylation is 1. The number of nitrogens with zero attached hydrogens (tertiary/aromatic N) is 3. The molecule has 0 radical (unpaired) electrons. The quantitative estimate of drug-likeness (QED) is 0.232. The lowest BCUT2D eigenvalue weighted by Crippen LogP contribution is -2.22. The minimum atomic E-state index is -4.23. The van der Waals surface area contributed by atoms with Crippen molar-refractivity contribution in [1.29, 1.82) is 0 Å². The van der Waals surface area contributed by atoms with Gasteiger partial charge in [0.15, 0.2) is 11.2 Å². The van der Waals surface area contributed by atoms with Gasteiger partial charge in [0.25, 0.3) is 10.0 Å². The van der Waals surface area contributed by atoms with E-state index in [1.165, 1.54) is 17.1 Å². The largest absolute Gasteiger partial charge is 0.483 e. The molecule has 3 aromatic rings. The molecular formula is C25H29ClN4O6S. The van der Waals surface area contributed by atoms with Gasteiger partial charge in [-0.1, -0.05) is 11.6 Å². The maximum absolute atomic E-state index is 13.4. The van der Waals surface area contributed by atoms with Crippen LogP contribution in [0.25, 0.3) is 16.5 Å². The first-order chi connectivity index (χ1) is 17.2. The van der Waals surface area contributed by atoms with E-state index in [-0.39, 0.29) is 28.5 Å². The van der Waals surface area contributed by atoms with Crippen LogP contribution in [-0.2, 0) is 10.0 Å². The Morgan fingerprint density at radius 3 is 2.62 bits per heavy atom. The number of aliphatic hydroxyl groups excluding tert-OH is 1. The van der Waals surface area contributed by atoms with Crippen molar-refractivity contribution in [2.24, 2.45) is 10.2 Å². The summed E-state index contributed by atoms with van der Waals surface area (Å²) in [5.74, 6) is 0.234. The summed E-state index contributed by atoms with van der Waals surface area (Å²) in [6, 6.07) is 6.26. The normalized spacial score (nSPS) is 13.9. The molecule has 10 nitrogen and oxygen atoms in total. The summed E-state index contributed by atoms with van der Waals surface area (Å²) in [6.45, 7) is 12.3. The second-order valence-corrected chi connectivity index (χ2v) is 10.6. The average Bonchev–Trinajstić information content (AvgIpc) is 2.80. The lowest BCUT2D eigenvalue weighted by molar-refractivity contribution is 0.153. The van der Waals surface area contributed by atoms with Crippen LogP contribution in [0.4, 0.5) is 0 Å². The molecule has 3 rings (SSSR count). The third-order valence-corrected chi connectivity index (χ3v) is 6.57. The van der Waals surface area contributed by atoms with E-state index in [0.717, 1.165) is 5.56 Å². The van der Waals surface area contributed by atoms with E-state index in [1.54, 1.807) is 46.0 Å². The SMILES string of the molecule is C=NN(/C=C(\C)c1oc2c([C@@H](C)Oc3ccc(Cl)nc3S(N)(=O)=O)cc(C)cc2c(=O)c1C)C[C@@H](C)O. The topological polar surface area (TPSA) is 148 Å². The molecule has 3 N–H and O–H groups in total. The molecule has 0 aliphatic rings. The maximum Gasteiger partial charge on any atom is 0.259 e. The van der Waals surface area contributed by atoms with Crippen molar-refractivity contribution < 1.29 is 22.7 Å². The van der Waals surface area contributed by atoms with Crippen LogP contribution < -0.4 is 15.3 Å². The number of aliphatic hydroxyl groups is 1. The van der Waals surface area contributed by atoms with Crippen LogP contribution in [0, 0.1) is 13.8 Å². The number of rotatable bonds is 9. The number of aromatic nitrogens is 1. The number of hydrogen-bond acceptors (Lipinski definition) is 9. The number of benzene rings is 1. The van der Waals surface area contributed by atoms with Crippen LogP contribution in [0.1, 0.15) is 49.3 Å². The highest BCUT2D eigenvalue weighted by Crippen LogP contribution is 2.33. The van der Waals surface area contributed by atoms with Crippen molar-refractivity contribution >= 4 is 44.9 Å². The van der Waals surface area contributed by atoms with Crippen molar-refractivity contribution in [1.82, 2.24) is 9.99 Å². The summed E-state index contributed by atoms with van der Waals surface area (Å²) < 4.78 is 36.3. The zero-order valence-electron chi connectivity index (χ0n) is 21.1. The molecule has 2 heterocycles. The van der Waals surface area contributed by atoms with Crippen LogP contribution >= 0.6 is 11.6 Å². The van der Waals surface area contributed by atoms with Crippen LogP contribution in [0.15, 0.2) is 49.8 Å². The van der Waals surface area contributed by atoms with Gasteiger partial charge in [0.1, 0.15) is 22.6 Å². The molecule has 2 atom stereocenters. The first kappa shape index (κ1) is 28.3. The predicted molar refractivity (Wildman–Crippen MR) is 143 cm³/mol. The Kier molecular flexibility index (Phi) is 8.43. The molecule has 0 saturated heterocycles. The van der Waals surface area contributed by atoms with Crippen molar-refractivity contribution in [3.05, 3.63) is 68.3 Å². The fourth-order valence-corrected chi connectivity index (χ4v) is 4.72. The van der Waals surface area contributed by atoms with Gasteiger partial charge in [-0.2, -0.15) is 5.10 Å². The van der Waals surface area contributed by atoms with Crippen molar-refractivity contribution in [2.75, 3.05) is 6.54 Å². The summed E-state index contributed by atoms with van der Waals surface area (Å²) in [5.41, 5.74) is 2.33. The predicted octanol–water partition coefficient (Wildman–Crippen LogP) is 3.90. The number of nitrogens with two attached hydrogens (primary N) is 1. The van der Waals surface area contributed by atoms with Gasteiger partial charge in [0.2, 0.25) is 5.03 Å². The zero-order valence-corrected chi connectivity index (χ0v) is 22.7. The summed E-state index contributed by atoms with van der Waals surface area (Å²) in [7, 11) is -4.23. The number of primary sulfonamides is 1. The molecule has 1 aromatic carbocycles. The second-order valence-electron chi connectivity index (χ2n) is 8.78. The Bertz CT molecular complexity index is 1550. The number of hydrogen-bond donors (Lipinski definition) is 2. The monoisotopic (exact) mass is 548 g/mol. The van der Waals surface area contributed by atoms with Crippen molar-refractivity contribution in [2.45, 2.75) is 51.9 Å². The molecule has 0 aliphatic carbocycles.